The maximum absolute atomic E-state index is 10.4. The van der Waals surface area contributed by atoms with E-state index < -0.39 is 5.97 Å². The molecule has 1 saturated carbocycles. The van der Waals surface area contributed by atoms with Gasteiger partial charge in [0.1, 0.15) is 0 Å². The Morgan fingerprint density at radius 2 is 2.00 bits per heavy atom. The SMILES string of the molecule is CC(C1CC1)N1CCC(OCCC(=O)O)CC1. The molecule has 1 aliphatic heterocycles. The Kier molecular flexibility index (Phi) is 4.40. The molecule has 0 amide bonds. The summed E-state index contributed by atoms with van der Waals surface area (Å²) in [5, 5.41) is 8.54. The zero-order valence-corrected chi connectivity index (χ0v) is 10.6. The zero-order chi connectivity index (χ0) is 12.3. The second kappa shape index (κ2) is 5.83. The van der Waals surface area contributed by atoms with Crippen molar-refractivity contribution in [2.24, 2.45) is 5.92 Å². The number of piperidine rings is 1. The van der Waals surface area contributed by atoms with Gasteiger partial charge in [-0.3, -0.25) is 4.79 Å². The number of nitrogens with zero attached hydrogens (tertiary/aromatic N) is 1. The Labute approximate surface area is 103 Å². The van der Waals surface area contributed by atoms with Crippen molar-refractivity contribution in [2.75, 3.05) is 19.7 Å². The van der Waals surface area contributed by atoms with Gasteiger partial charge >= 0.3 is 5.97 Å². The summed E-state index contributed by atoms with van der Waals surface area (Å²) >= 11 is 0. The molecule has 4 nitrogen and oxygen atoms in total. The highest BCUT2D eigenvalue weighted by atomic mass is 16.5. The summed E-state index contributed by atoms with van der Waals surface area (Å²) < 4.78 is 5.59. The van der Waals surface area contributed by atoms with Gasteiger partial charge < -0.3 is 14.7 Å². The highest BCUT2D eigenvalue weighted by Crippen LogP contribution is 2.36. The number of aliphatic carboxylic acids is 1. The summed E-state index contributed by atoms with van der Waals surface area (Å²) in [6.45, 7) is 4.91. The lowest BCUT2D eigenvalue weighted by Gasteiger charge is -2.36. The molecule has 2 fully saturated rings. The summed E-state index contributed by atoms with van der Waals surface area (Å²) in [7, 11) is 0. The van der Waals surface area contributed by atoms with Crippen molar-refractivity contribution < 1.29 is 14.6 Å². The summed E-state index contributed by atoms with van der Waals surface area (Å²) in [6, 6.07) is 0.731. The topological polar surface area (TPSA) is 49.8 Å². The van der Waals surface area contributed by atoms with Gasteiger partial charge in [-0.2, -0.15) is 0 Å². The first-order chi connectivity index (χ1) is 8.16. The summed E-state index contributed by atoms with van der Waals surface area (Å²) in [5.41, 5.74) is 0. The smallest absolute Gasteiger partial charge is 0.305 e. The molecule has 0 aromatic heterocycles. The van der Waals surface area contributed by atoms with Crippen LogP contribution in [0.5, 0.6) is 0 Å². The molecular formula is C13H23NO3. The predicted molar refractivity (Wildman–Crippen MR) is 65.0 cm³/mol. The molecule has 98 valence electrons. The largest absolute Gasteiger partial charge is 0.481 e. The maximum atomic E-state index is 10.4. The van der Waals surface area contributed by atoms with E-state index in [1.165, 1.54) is 12.8 Å². The van der Waals surface area contributed by atoms with Crippen LogP contribution in [0.1, 0.15) is 39.0 Å². The zero-order valence-electron chi connectivity index (χ0n) is 10.6. The summed E-state index contributed by atoms with van der Waals surface area (Å²) in [5.74, 6) is 0.157. The minimum Gasteiger partial charge on any atom is -0.481 e. The lowest BCUT2D eigenvalue weighted by molar-refractivity contribution is -0.138. The molecule has 1 unspecified atom stereocenters. The van der Waals surface area contributed by atoms with E-state index in [0.717, 1.165) is 37.9 Å². The summed E-state index contributed by atoms with van der Waals surface area (Å²) in [6.07, 6.45) is 5.30. The van der Waals surface area contributed by atoms with Crippen molar-refractivity contribution in [3.05, 3.63) is 0 Å². The number of rotatable bonds is 6. The molecule has 0 bridgehead atoms. The van der Waals surface area contributed by atoms with Gasteiger partial charge in [-0.15, -0.1) is 0 Å². The standard InChI is InChI=1S/C13H23NO3/c1-10(11-2-3-11)14-7-4-12(5-8-14)17-9-6-13(15)16/h10-12H,2-9H2,1H3,(H,15,16). The maximum Gasteiger partial charge on any atom is 0.305 e. The van der Waals surface area contributed by atoms with E-state index in [-0.39, 0.29) is 12.5 Å². The lowest BCUT2D eigenvalue weighted by atomic mass is 10.0. The number of ether oxygens (including phenoxy) is 1. The predicted octanol–water partition coefficient (Wildman–Crippen LogP) is 1.74. The second-order valence-corrected chi connectivity index (χ2v) is 5.33. The van der Waals surface area contributed by atoms with Gasteiger partial charge in [0, 0.05) is 19.1 Å². The van der Waals surface area contributed by atoms with Crippen LogP contribution in [0.4, 0.5) is 0 Å². The van der Waals surface area contributed by atoms with Gasteiger partial charge in [-0.05, 0) is 38.5 Å². The molecule has 17 heavy (non-hydrogen) atoms. The van der Waals surface area contributed by atoms with Gasteiger partial charge in [0.05, 0.1) is 19.1 Å². The third-order valence-corrected chi connectivity index (χ3v) is 4.03. The fraction of sp³-hybridized carbons (Fsp3) is 0.923. The molecule has 2 aliphatic rings. The monoisotopic (exact) mass is 241 g/mol. The second-order valence-electron chi connectivity index (χ2n) is 5.33. The Morgan fingerprint density at radius 3 is 2.53 bits per heavy atom. The Bertz CT molecular complexity index is 257. The highest BCUT2D eigenvalue weighted by molar-refractivity contribution is 5.66. The van der Waals surface area contributed by atoms with Crippen molar-refractivity contribution in [3.63, 3.8) is 0 Å². The van der Waals surface area contributed by atoms with Crippen LogP contribution in [0, 0.1) is 5.92 Å². The average Bonchev–Trinajstić information content (AvgIpc) is 3.12. The van der Waals surface area contributed by atoms with Crippen molar-refractivity contribution in [2.45, 2.75) is 51.2 Å². The number of carboxylic acids is 1. The normalized spacial score (nSPS) is 24.8. The number of hydrogen-bond acceptors (Lipinski definition) is 3. The van der Waals surface area contributed by atoms with Crippen LogP contribution < -0.4 is 0 Å². The fourth-order valence-corrected chi connectivity index (χ4v) is 2.64. The molecule has 1 aliphatic carbocycles. The number of likely N-dealkylation sites (tertiary alicyclic amines) is 1. The van der Waals surface area contributed by atoms with E-state index in [9.17, 15) is 4.79 Å². The minimum atomic E-state index is -0.773. The van der Waals surface area contributed by atoms with Crippen LogP contribution in [0.2, 0.25) is 0 Å². The molecule has 0 aromatic carbocycles. The van der Waals surface area contributed by atoms with Crippen LogP contribution in [-0.4, -0.2) is 47.8 Å². The quantitative estimate of drug-likeness (QED) is 0.769. The van der Waals surface area contributed by atoms with Gasteiger partial charge in [0.15, 0.2) is 0 Å². The Balaban J connectivity index is 1.61. The first-order valence-electron chi connectivity index (χ1n) is 6.74. The third-order valence-electron chi connectivity index (χ3n) is 4.03. The van der Waals surface area contributed by atoms with Gasteiger partial charge in [0.25, 0.3) is 0 Å². The lowest BCUT2D eigenvalue weighted by Crippen LogP contribution is -2.43. The molecule has 1 N–H and O–H groups in total. The Hall–Kier alpha value is -0.610. The minimum absolute atomic E-state index is 0.124. The van der Waals surface area contributed by atoms with Gasteiger partial charge in [-0.1, -0.05) is 0 Å². The van der Waals surface area contributed by atoms with E-state index in [4.69, 9.17) is 9.84 Å². The summed E-state index contributed by atoms with van der Waals surface area (Å²) in [4.78, 5) is 12.9. The van der Waals surface area contributed by atoms with Crippen molar-refractivity contribution in [3.8, 4) is 0 Å². The first kappa shape index (κ1) is 12.8. The molecule has 2 rings (SSSR count). The molecule has 0 aromatic rings. The molecule has 4 heteroatoms. The van der Waals surface area contributed by atoms with Crippen LogP contribution in [0.15, 0.2) is 0 Å². The molecule has 0 radical (unpaired) electrons. The van der Waals surface area contributed by atoms with Crippen LogP contribution in [0.25, 0.3) is 0 Å². The van der Waals surface area contributed by atoms with E-state index in [1.54, 1.807) is 0 Å². The van der Waals surface area contributed by atoms with Crippen molar-refractivity contribution in [1.82, 2.24) is 4.90 Å². The molecular weight excluding hydrogens is 218 g/mol. The third kappa shape index (κ3) is 3.96. The highest BCUT2D eigenvalue weighted by Gasteiger charge is 2.33. The molecule has 1 atom stereocenters. The van der Waals surface area contributed by atoms with Crippen LogP contribution in [0.3, 0.4) is 0 Å². The number of carbonyl (C=O) groups is 1. The molecule has 0 spiro atoms. The number of hydrogen-bond donors (Lipinski definition) is 1. The van der Waals surface area contributed by atoms with E-state index in [1.807, 2.05) is 0 Å². The van der Waals surface area contributed by atoms with E-state index in [2.05, 4.69) is 11.8 Å². The molecule has 1 saturated heterocycles. The van der Waals surface area contributed by atoms with Crippen LogP contribution >= 0.6 is 0 Å². The van der Waals surface area contributed by atoms with Crippen molar-refractivity contribution >= 4 is 5.97 Å². The first-order valence-corrected chi connectivity index (χ1v) is 6.74. The van der Waals surface area contributed by atoms with Gasteiger partial charge in [-0.25, -0.2) is 0 Å². The van der Waals surface area contributed by atoms with Crippen molar-refractivity contribution in [1.29, 1.82) is 0 Å². The Morgan fingerprint density at radius 1 is 1.35 bits per heavy atom. The average molecular weight is 241 g/mol. The van der Waals surface area contributed by atoms with E-state index >= 15 is 0 Å². The number of carboxylic acid groups (broad SMARTS) is 1. The van der Waals surface area contributed by atoms with Gasteiger partial charge in [0.2, 0.25) is 0 Å². The van der Waals surface area contributed by atoms with E-state index in [0.29, 0.717) is 6.61 Å². The fourth-order valence-electron chi connectivity index (χ4n) is 2.64. The van der Waals surface area contributed by atoms with Crippen LogP contribution in [-0.2, 0) is 9.53 Å². The molecule has 1 heterocycles.